The first-order valence-corrected chi connectivity index (χ1v) is 5.52. The number of hydrogen-bond donors (Lipinski definition) is 0. The molecular formula is C11H16S. The highest BCUT2D eigenvalue weighted by atomic mass is 32.2. The zero-order valence-electron chi connectivity index (χ0n) is 8.22. The lowest BCUT2D eigenvalue weighted by molar-refractivity contribution is 0.849. The molecule has 0 saturated heterocycles. The van der Waals surface area contributed by atoms with Crippen LogP contribution in [0.3, 0.4) is 0 Å². The second kappa shape index (κ2) is 3.99. The molecule has 0 aromatic heterocycles. The molecule has 0 spiro atoms. The highest BCUT2D eigenvalue weighted by Crippen LogP contribution is 2.26. The minimum atomic E-state index is 0.636. The van der Waals surface area contributed by atoms with Gasteiger partial charge in [-0.3, -0.25) is 0 Å². The van der Waals surface area contributed by atoms with Gasteiger partial charge in [0.1, 0.15) is 0 Å². The summed E-state index contributed by atoms with van der Waals surface area (Å²) in [5, 5.41) is 0. The van der Waals surface area contributed by atoms with Gasteiger partial charge in [0.2, 0.25) is 0 Å². The molecule has 1 heteroatoms. The van der Waals surface area contributed by atoms with Crippen LogP contribution in [-0.4, -0.2) is 6.26 Å². The van der Waals surface area contributed by atoms with E-state index in [-0.39, 0.29) is 0 Å². The molecule has 0 heterocycles. The third kappa shape index (κ3) is 1.84. The van der Waals surface area contributed by atoms with Crippen molar-refractivity contribution in [3.63, 3.8) is 0 Å². The van der Waals surface area contributed by atoms with E-state index in [1.54, 1.807) is 0 Å². The maximum absolute atomic E-state index is 2.24. The Hall–Kier alpha value is -0.430. The van der Waals surface area contributed by atoms with Gasteiger partial charge < -0.3 is 0 Å². The van der Waals surface area contributed by atoms with E-state index in [2.05, 4.69) is 45.2 Å². The van der Waals surface area contributed by atoms with E-state index in [0.29, 0.717) is 5.92 Å². The molecule has 0 aliphatic rings. The summed E-state index contributed by atoms with van der Waals surface area (Å²) in [6.07, 6.45) is 2.13. The van der Waals surface area contributed by atoms with E-state index in [4.69, 9.17) is 0 Å². The zero-order valence-corrected chi connectivity index (χ0v) is 9.03. The molecule has 0 N–H and O–H groups in total. The second-order valence-electron chi connectivity index (χ2n) is 3.33. The molecule has 1 aromatic carbocycles. The van der Waals surface area contributed by atoms with Crippen molar-refractivity contribution in [1.82, 2.24) is 0 Å². The predicted molar refractivity (Wildman–Crippen MR) is 57.0 cm³/mol. The van der Waals surface area contributed by atoms with Gasteiger partial charge in [0.05, 0.1) is 0 Å². The Morgan fingerprint density at radius 3 is 2.42 bits per heavy atom. The van der Waals surface area contributed by atoms with Crippen LogP contribution in [0.15, 0.2) is 23.1 Å². The molecule has 0 radical (unpaired) electrons. The molecule has 0 atom stereocenters. The van der Waals surface area contributed by atoms with Crippen LogP contribution in [0.4, 0.5) is 0 Å². The minimum Gasteiger partial charge on any atom is -0.129 e. The van der Waals surface area contributed by atoms with Crippen LogP contribution in [0.5, 0.6) is 0 Å². The number of thioether (sulfide) groups is 1. The third-order valence-corrected chi connectivity index (χ3v) is 3.05. The summed E-state index contributed by atoms with van der Waals surface area (Å²) in [7, 11) is 0. The van der Waals surface area contributed by atoms with Gasteiger partial charge in [-0.2, -0.15) is 0 Å². The molecule has 0 bridgehead atoms. The summed E-state index contributed by atoms with van der Waals surface area (Å²) in [5.74, 6) is 0.636. The van der Waals surface area contributed by atoms with Crippen LogP contribution in [0.25, 0.3) is 0 Å². The zero-order chi connectivity index (χ0) is 9.14. The molecule has 66 valence electrons. The van der Waals surface area contributed by atoms with Crippen LogP contribution in [-0.2, 0) is 0 Å². The molecule has 0 aliphatic heterocycles. The SMILES string of the molecule is CSc1cccc(C(C)C)c1C. The van der Waals surface area contributed by atoms with Gasteiger partial charge in [-0.25, -0.2) is 0 Å². The number of benzene rings is 1. The maximum atomic E-state index is 2.24. The summed E-state index contributed by atoms with van der Waals surface area (Å²) >= 11 is 1.83. The van der Waals surface area contributed by atoms with E-state index >= 15 is 0 Å². The van der Waals surface area contributed by atoms with E-state index in [0.717, 1.165) is 0 Å². The van der Waals surface area contributed by atoms with Crippen LogP contribution in [0.2, 0.25) is 0 Å². The molecular weight excluding hydrogens is 164 g/mol. The molecule has 12 heavy (non-hydrogen) atoms. The summed E-state index contributed by atoms with van der Waals surface area (Å²) in [5.41, 5.74) is 2.92. The number of hydrogen-bond acceptors (Lipinski definition) is 1. The predicted octanol–water partition coefficient (Wildman–Crippen LogP) is 3.84. The molecule has 0 amide bonds. The van der Waals surface area contributed by atoms with Crippen molar-refractivity contribution in [1.29, 1.82) is 0 Å². The van der Waals surface area contributed by atoms with E-state index < -0.39 is 0 Å². The normalized spacial score (nSPS) is 10.8. The molecule has 0 fully saturated rings. The van der Waals surface area contributed by atoms with Crippen molar-refractivity contribution in [2.45, 2.75) is 31.6 Å². The van der Waals surface area contributed by atoms with Gasteiger partial charge in [0, 0.05) is 4.90 Å². The Morgan fingerprint density at radius 1 is 1.25 bits per heavy atom. The summed E-state index contributed by atoms with van der Waals surface area (Å²) in [6, 6.07) is 6.56. The van der Waals surface area contributed by atoms with Crippen LogP contribution < -0.4 is 0 Å². The highest BCUT2D eigenvalue weighted by molar-refractivity contribution is 7.98. The summed E-state index contributed by atoms with van der Waals surface area (Å²) in [4.78, 5) is 1.40. The van der Waals surface area contributed by atoms with Crippen molar-refractivity contribution in [2.24, 2.45) is 0 Å². The van der Waals surface area contributed by atoms with Gasteiger partial charge in [-0.05, 0) is 36.3 Å². The lowest BCUT2D eigenvalue weighted by Gasteiger charge is -2.11. The molecule has 0 nitrogen and oxygen atoms in total. The smallest absolute Gasteiger partial charge is 0.0101 e. The lowest BCUT2D eigenvalue weighted by atomic mass is 9.98. The van der Waals surface area contributed by atoms with Gasteiger partial charge in [-0.1, -0.05) is 26.0 Å². The molecule has 0 unspecified atom stereocenters. The van der Waals surface area contributed by atoms with E-state index in [1.165, 1.54) is 16.0 Å². The average Bonchev–Trinajstić information content (AvgIpc) is 2.04. The standard InChI is InChI=1S/C11H16S/c1-8(2)10-6-5-7-11(12-4)9(10)3/h5-8H,1-4H3. The second-order valence-corrected chi connectivity index (χ2v) is 4.18. The Morgan fingerprint density at radius 2 is 1.92 bits per heavy atom. The third-order valence-electron chi connectivity index (χ3n) is 2.17. The Labute approximate surface area is 79.4 Å². The largest absolute Gasteiger partial charge is 0.129 e. The van der Waals surface area contributed by atoms with Gasteiger partial charge in [0.25, 0.3) is 0 Å². The fraction of sp³-hybridized carbons (Fsp3) is 0.455. The fourth-order valence-electron chi connectivity index (χ4n) is 1.48. The highest BCUT2D eigenvalue weighted by Gasteiger charge is 2.05. The van der Waals surface area contributed by atoms with Crippen molar-refractivity contribution in [3.8, 4) is 0 Å². The molecule has 1 aromatic rings. The quantitative estimate of drug-likeness (QED) is 0.623. The van der Waals surface area contributed by atoms with Crippen molar-refractivity contribution in [3.05, 3.63) is 29.3 Å². The van der Waals surface area contributed by atoms with Gasteiger partial charge >= 0.3 is 0 Å². The van der Waals surface area contributed by atoms with Gasteiger partial charge in [-0.15, -0.1) is 11.8 Å². The summed E-state index contributed by atoms with van der Waals surface area (Å²) < 4.78 is 0. The fourth-order valence-corrected chi connectivity index (χ4v) is 2.12. The summed E-state index contributed by atoms with van der Waals surface area (Å²) in [6.45, 7) is 6.69. The number of rotatable bonds is 2. The molecule has 0 aliphatic carbocycles. The van der Waals surface area contributed by atoms with Crippen molar-refractivity contribution in [2.75, 3.05) is 6.26 Å². The van der Waals surface area contributed by atoms with Crippen molar-refractivity contribution >= 4 is 11.8 Å². The van der Waals surface area contributed by atoms with Crippen LogP contribution >= 0.6 is 11.8 Å². The van der Waals surface area contributed by atoms with Crippen LogP contribution in [0.1, 0.15) is 30.9 Å². The van der Waals surface area contributed by atoms with Gasteiger partial charge in [0.15, 0.2) is 0 Å². The minimum absolute atomic E-state index is 0.636. The van der Waals surface area contributed by atoms with Crippen LogP contribution in [0, 0.1) is 6.92 Å². The first-order chi connectivity index (χ1) is 5.66. The lowest BCUT2D eigenvalue weighted by Crippen LogP contribution is -1.92. The Bertz CT molecular complexity index is 264. The molecule has 0 saturated carbocycles. The van der Waals surface area contributed by atoms with E-state index in [9.17, 15) is 0 Å². The first-order valence-electron chi connectivity index (χ1n) is 4.30. The molecule has 1 rings (SSSR count). The van der Waals surface area contributed by atoms with E-state index in [1.807, 2.05) is 11.8 Å². The van der Waals surface area contributed by atoms with Crippen molar-refractivity contribution < 1.29 is 0 Å². The Kier molecular flexibility index (Phi) is 3.21. The maximum Gasteiger partial charge on any atom is 0.0101 e. The topological polar surface area (TPSA) is 0 Å². The Balaban J connectivity index is 3.14. The monoisotopic (exact) mass is 180 g/mol. The first kappa shape index (κ1) is 9.66. The average molecular weight is 180 g/mol.